The van der Waals surface area contributed by atoms with Crippen molar-refractivity contribution in [1.29, 1.82) is 0 Å². The fraction of sp³-hybridized carbons (Fsp3) is 0.350. The number of hydrogen-bond acceptors (Lipinski definition) is 2. The Bertz CT molecular complexity index is 912. The van der Waals surface area contributed by atoms with Crippen LogP contribution in [0.4, 0.5) is 13.2 Å². The Kier molecular flexibility index (Phi) is 6.68. The number of rotatable bonds is 4. The second-order valence-corrected chi connectivity index (χ2v) is 8.18. The molecule has 0 radical (unpaired) electrons. The Hall–Kier alpha value is -1.47. The molecule has 3 nitrogen and oxygen atoms in total. The molecule has 1 fully saturated rings. The first kappa shape index (κ1) is 22.2. The molecular formula is C20H17Cl3F3NO2. The van der Waals surface area contributed by atoms with Gasteiger partial charge in [0.1, 0.15) is 0 Å². The van der Waals surface area contributed by atoms with Crippen LogP contribution in [0.15, 0.2) is 36.4 Å². The molecule has 1 aliphatic heterocycles. The first-order valence-corrected chi connectivity index (χ1v) is 9.99. The number of nitrogens with zero attached hydrogens (tertiary/aromatic N) is 1. The summed E-state index contributed by atoms with van der Waals surface area (Å²) >= 11 is 18.5. The maximum Gasteiger partial charge on any atom is 0.416 e. The number of alkyl halides is 3. The summed E-state index contributed by atoms with van der Waals surface area (Å²) in [6, 6.07) is 7.47. The molecule has 0 saturated carbocycles. The minimum atomic E-state index is -4.52. The van der Waals surface area contributed by atoms with Gasteiger partial charge in [0.25, 0.3) is 0 Å². The van der Waals surface area contributed by atoms with E-state index in [9.17, 15) is 23.1 Å². The zero-order valence-electron chi connectivity index (χ0n) is 15.0. The number of piperidine rings is 1. The van der Waals surface area contributed by atoms with Gasteiger partial charge in [0.15, 0.2) is 0 Å². The minimum Gasteiger partial charge on any atom is -0.481 e. The second-order valence-electron chi connectivity index (χ2n) is 6.96. The van der Waals surface area contributed by atoms with Gasteiger partial charge in [-0.25, -0.2) is 0 Å². The molecule has 2 aromatic rings. The van der Waals surface area contributed by atoms with E-state index in [0.717, 1.165) is 12.1 Å². The molecule has 1 unspecified atom stereocenters. The summed E-state index contributed by atoms with van der Waals surface area (Å²) in [6.07, 6.45) is -3.73. The predicted octanol–water partition coefficient (Wildman–Crippen LogP) is 6.55. The summed E-state index contributed by atoms with van der Waals surface area (Å²) in [5.74, 6) is -1.34. The van der Waals surface area contributed by atoms with Gasteiger partial charge < -0.3 is 5.11 Å². The highest BCUT2D eigenvalue weighted by Crippen LogP contribution is 2.40. The van der Waals surface area contributed by atoms with Gasteiger partial charge in [-0.1, -0.05) is 40.9 Å². The van der Waals surface area contributed by atoms with E-state index >= 15 is 0 Å². The molecule has 29 heavy (non-hydrogen) atoms. The van der Waals surface area contributed by atoms with Crippen LogP contribution in [0.3, 0.4) is 0 Å². The highest BCUT2D eigenvalue weighted by molar-refractivity contribution is 6.42. The van der Waals surface area contributed by atoms with Crippen LogP contribution in [-0.2, 0) is 11.0 Å². The van der Waals surface area contributed by atoms with Crippen LogP contribution in [-0.4, -0.2) is 29.1 Å². The van der Waals surface area contributed by atoms with Crippen LogP contribution in [0.1, 0.15) is 35.6 Å². The van der Waals surface area contributed by atoms with Crippen LogP contribution in [0.2, 0.25) is 15.1 Å². The number of carboxylic acid groups (broad SMARTS) is 1. The average molecular weight is 467 g/mol. The number of benzene rings is 2. The van der Waals surface area contributed by atoms with Crippen LogP contribution in [0, 0.1) is 5.92 Å². The lowest BCUT2D eigenvalue weighted by atomic mass is 9.90. The molecule has 9 heteroatoms. The lowest BCUT2D eigenvalue weighted by molar-refractivity contribution is -0.143. The van der Waals surface area contributed by atoms with Crippen molar-refractivity contribution in [1.82, 2.24) is 4.90 Å². The van der Waals surface area contributed by atoms with Crippen LogP contribution < -0.4 is 0 Å². The standard InChI is InChI=1S/C20H17Cl3F3NO2/c21-15-4-2-13(20(24,25)26)10-14(15)18(12-1-3-16(22)17(23)9-12)27-7-5-11(6-8-27)19(28)29/h1-4,9-11,18H,5-8H2,(H,28,29). The first-order chi connectivity index (χ1) is 13.6. The third kappa shape index (κ3) is 5.00. The van der Waals surface area contributed by atoms with E-state index < -0.39 is 29.7 Å². The molecule has 1 N–H and O–H groups in total. The number of likely N-dealkylation sites (tertiary alicyclic amines) is 1. The molecule has 1 atom stereocenters. The molecule has 0 aromatic heterocycles. The zero-order valence-corrected chi connectivity index (χ0v) is 17.3. The first-order valence-electron chi connectivity index (χ1n) is 8.86. The second kappa shape index (κ2) is 8.72. The molecule has 3 rings (SSSR count). The normalized spacial score (nSPS) is 17.3. The molecule has 0 aliphatic carbocycles. The summed E-state index contributed by atoms with van der Waals surface area (Å²) in [5.41, 5.74) is 0.116. The summed E-state index contributed by atoms with van der Waals surface area (Å²) in [6.45, 7) is 0.795. The van der Waals surface area contributed by atoms with E-state index in [2.05, 4.69) is 0 Å². The van der Waals surface area contributed by atoms with E-state index in [1.807, 2.05) is 4.90 Å². The van der Waals surface area contributed by atoms with Gasteiger partial charge in [-0.15, -0.1) is 0 Å². The molecule has 0 amide bonds. The predicted molar refractivity (Wildman–Crippen MR) is 107 cm³/mol. The lowest BCUT2D eigenvalue weighted by Gasteiger charge is -2.37. The van der Waals surface area contributed by atoms with Gasteiger partial charge in [0.05, 0.1) is 27.6 Å². The number of aliphatic carboxylic acids is 1. The Balaban J connectivity index is 2.07. The van der Waals surface area contributed by atoms with E-state index in [1.165, 1.54) is 6.07 Å². The quantitative estimate of drug-likeness (QED) is 0.555. The Morgan fingerprint density at radius 2 is 1.62 bits per heavy atom. The minimum absolute atomic E-state index is 0.189. The SMILES string of the molecule is O=C(O)C1CCN(C(c2ccc(Cl)c(Cl)c2)c2cc(C(F)(F)F)ccc2Cl)CC1. The maximum atomic E-state index is 13.3. The van der Waals surface area contributed by atoms with Crippen molar-refractivity contribution in [3.05, 3.63) is 68.2 Å². The van der Waals surface area contributed by atoms with Gasteiger partial charge >= 0.3 is 12.1 Å². The topological polar surface area (TPSA) is 40.5 Å². The van der Waals surface area contributed by atoms with E-state index in [0.29, 0.717) is 36.5 Å². The molecule has 0 spiro atoms. The molecule has 0 bridgehead atoms. The summed E-state index contributed by atoms with van der Waals surface area (Å²) in [7, 11) is 0. The van der Waals surface area contributed by atoms with Gasteiger partial charge in [0.2, 0.25) is 0 Å². The fourth-order valence-corrected chi connectivity index (χ4v) is 4.13. The maximum absolute atomic E-state index is 13.3. The fourth-order valence-electron chi connectivity index (χ4n) is 3.60. The van der Waals surface area contributed by atoms with E-state index in [1.54, 1.807) is 18.2 Å². The van der Waals surface area contributed by atoms with E-state index in [-0.39, 0.29) is 15.6 Å². The van der Waals surface area contributed by atoms with Crippen molar-refractivity contribution >= 4 is 40.8 Å². The van der Waals surface area contributed by atoms with Crippen molar-refractivity contribution in [3.63, 3.8) is 0 Å². The third-order valence-corrected chi connectivity index (χ3v) is 6.20. The Morgan fingerprint density at radius 3 is 2.17 bits per heavy atom. The number of halogens is 6. The highest BCUT2D eigenvalue weighted by atomic mass is 35.5. The van der Waals surface area contributed by atoms with Crippen molar-refractivity contribution in [2.75, 3.05) is 13.1 Å². The van der Waals surface area contributed by atoms with Crippen LogP contribution >= 0.6 is 34.8 Å². The largest absolute Gasteiger partial charge is 0.481 e. The van der Waals surface area contributed by atoms with Crippen molar-refractivity contribution in [2.45, 2.75) is 25.1 Å². The monoisotopic (exact) mass is 465 g/mol. The molecule has 1 heterocycles. The van der Waals surface area contributed by atoms with Crippen molar-refractivity contribution in [2.24, 2.45) is 5.92 Å². The van der Waals surface area contributed by atoms with Gasteiger partial charge in [-0.2, -0.15) is 13.2 Å². The van der Waals surface area contributed by atoms with Crippen molar-refractivity contribution < 1.29 is 23.1 Å². The Morgan fingerprint density at radius 1 is 1.00 bits per heavy atom. The summed E-state index contributed by atoms with van der Waals surface area (Å²) in [4.78, 5) is 13.2. The molecule has 2 aromatic carbocycles. The average Bonchev–Trinajstić information content (AvgIpc) is 2.65. The molecule has 1 aliphatic rings. The van der Waals surface area contributed by atoms with Crippen LogP contribution in [0.5, 0.6) is 0 Å². The number of carbonyl (C=O) groups is 1. The van der Waals surface area contributed by atoms with Gasteiger partial charge in [-0.3, -0.25) is 9.69 Å². The number of carboxylic acids is 1. The van der Waals surface area contributed by atoms with Crippen molar-refractivity contribution in [3.8, 4) is 0 Å². The van der Waals surface area contributed by atoms with Crippen LogP contribution in [0.25, 0.3) is 0 Å². The molecule has 1 saturated heterocycles. The highest BCUT2D eigenvalue weighted by Gasteiger charge is 2.35. The third-order valence-electron chi connectivity index (χ3n) is 5.12. The van der Waals surface area contributed by atoms with Gasteiger partial charge in [0, 0.05) is 5.02 Å². The smallest absolute Gasteiger partial charge is 0.416 e. The Labute approximate surface area is 181 Å². The molecule has 156 valence electrons. The summed E-state index contributed by atoms with van der Waals surface area (Å²) < 4.78 is 39.9. The lowest BCUT2D eigenvalue weighted by Crippen LogP contribution is -2.39. The zero-order chi connectivity index (χ0) is 21.3. The summed E-state index contributed by atoms with van der Waals surface area (Å²) in [5, 5.41) is 10.0. The van der Waals surface area contributed by atoms with E-state index in [4.69, 9.17) is 34.8 Å². The van der Waals surface area contributed by atoms with Gasteiger partial charge in [-0.05, 0) is 67.4 Å². The number of hydrogen-bond donors (Lipinski definition) is 1. The molecular weight excluding hydrogens is 450 g/mol.